The first kappa shape index (κ1) is 23.5. The van der Waals surface area contributed by atoms with E-state index in [1.165, 1.54) is 0 Å². The Morgan fingerprint density at radius 3 is 2.12 bits per heavy atom. The van der Waals surface area contributed by atoms with Gasteiger partial charge in [0.1, 0.15) is 5.82 Å². The first-order chi connectivity index (χ1) is 16.1. The lowest BCUT2D eigenvalue weighted by Crippen LogP contribution is -2.19. The average molecular weight is 476 g/mol. The van der Waals surface area contributed by atoms with E-state index >= 15 is 4.39 Å². The Morgan fingerprint density at radius 1 is 0.824 bits per heavy atom. The van der Waals surface area contributed by atoms with Crippen LogP contribution >= 0.6 is 0 Å². The van der Waals surface area contributed by atoms with Gasteiger partial charge in [-0.05, 0) is 59.5 Å². The lowest BCUT2D eigenvalue weighted by molar-refractivity contribution is -0.276. The van der Waals surface area contributed by atoms with Gasteiger partial charge in [0.15, 0.2) is 17.5 Å². The molecule has 0 atom stereocenters. The molecule has 0 fully saturated rings. The molecule has 0 bridgehead atoms. The van der Waals surface area contributed by atoms with Crippen molar-refractivity contribution in [1.29, 1.82) is 0 Å². The summed E-state index contributed by atoms with van der Waals surface area (Å²) in [5.41, 5.74) is 2.12. The predicted molar refractivity (Wildman–Crippen MR) is 115 cm³/mol. The Kier molecular flexibility index (Phi) is 6.45. The molecule has 0 N–H and O–H groups in total. The summed E-state index contributed by atoms with van der Waals surface area (Å²) in [5, 5.41) is 0.991. The van der Waals surface area contributed by atoms with Gasteiger partial charge < -0.3 is 4.74 Å². The molecule has 1 heterocycles. The molecule has 3 aromatic carbocycles. The van der Waals surface area contributed by atoms with Gasteiger partial charge in [-0.1, -0.05) is 31.2 Å². The van der Waals surface area contributed by atoms with Gasteiger partial charge in [-0.3, -0.25) is 0 Å². The second-order valence-electron chi connectivity index (χ2n) is 7.68. The summed E-state index contributed by atoms with van der Waals surface area (Å²) in [7, 11) is 0. The van der Waals surface area contributed by atoms with Crippen LogP contribution in [-0.4, -0.2) is 16.3 Å². The van der Waals surface area contributed by atoms with Crippen LogP contribution in [0, 0.1) is 17.5 Å². The highest BCUT2D eigenvalue weighted by atomic mass is 19.4. The van der Waals surface area contributed by atoms with Crippen LogP contribution in [0.3, 0.4) is 0 Å². The first-order valence-corrected chi connectivity index (χ1v) is 10.4. The van der Waals surface area contributed by atoms with E-state index < -0.39 is 29.6 Å². The van der Waals surface area contributed by atoms with Crippen molar-refractivity contribution < 1.29 is 31.1 Å². The van der Waals surface area contributed by atoms with E-state index in [-0.39, 0.29) is 18.4 Å². The molecule has 4 rings (SSSR count). The molecule has 1 aromatic heterocycles. The van der Waals surface area contributed by atoms with Crippen LogP contribution in [0.2, 0.25) is 0 Å². The molecule has 4 aromatic rings. The summed E-state index contributed by atoms with van der Waals surface area (Å²) in [4.78, 5) is 8.66. The van der Waals surface area contributed by atoms with Crippen molar-refractivity contribution in [3.8, 4) is 17.1 Å². The van der Waals surface area contributed by atoms with Crippen LogP contribution in [0.25, 0.3) is 22.2 Å². The molecule has 3 nitrogen and oxygen atoms in total. The van der Waals surface area contributed by atoms with Gasteiger partial charge in [-0.15, -0.1) is 13.2 Å². The standard InChI is InChI=1S/C25H18F6N2O/c1-2-14-12-32-24(33-13-14)18-7-8-19-17(11-18)6-5-16(22(19)28)4-3-15-9-20(26)23(21(27)10-15)34-25(29,30)31/h5-13H,2-4H2,1H3. The van der Waals surface area contributed by atoms with Gasteiger partial charge in [0, 0.05) is 23.3 Å². The number of nitrogens with zero attached hydrogens (tertiary/aromatic N) is 2. The molecule has 0 unspecified atom stereocenters. The molecule has 0 saturated heterocycles. The summed E-state index contributed by atoms with van der Waals surface area (Å²) in [6.45, 7) is 2.00. The highest BCUT2D eigenvalue weighted by molar-refractivity contribution is 5.87. The molecule has 0 aliphatic carbocycles. The Labute approximate surface area is 191 Å². The maximum absolute atomic E-state index is 15.1. The third-order valence-electron chi connectivity index (χ3n) is 5.36. The monoisotopic (exact) mass is 476 g/mol. The normalized spacial score (nSPS) is 11.7. The van der Waals surface area contributed by atoms with Crippen molar-refractivity contribution in [2.24, 2.45) is 0 Å². The van der Waals surface area contributed by atoms with Crippen molar-refractivity contribution in [1.82, 2.24) is 9.97 Å². The van der Waals surface area contributed by atoms with Crippen LogP contribution in [0.5, 0.6) is 5.75 Å². The summed E-state index contributed by atoms with van der Waals surface area (Å²) in [6.07, 6.45) is -0.825. The topological polar surface area (TPSA) is 35.0 Å². The van der Waals surface area contributed by atoms with Gasteiger partial charge >= 0.3 is 6.36 Å². The molecular formula is C25H18F6N2O. The van der Waals surface area contributed by atoms with Gasteiger partial charge in [0.25, 0.3) is 0 Å². The SMILES string of the molecule is CCc1cnc(-c2ccc3c(F)c(CCc4cc(F)c(OC(F)(F)F)c(F)c4)ccc3c2)nc1. The molecule has 0 amide bonds. The number of aromatic nitrogens is 2. The van der Waals surface area contributed by atoms with E-state index in [4.69, 9.17) is 0 Å². The molecule has 0 spiro atoms. The second-order valence-corrected chi connectivity index (χ2v) is 7.68. The summed E-state index contributed by atoms with van der Waals surface area (Å²) in [6, 6.07) is 9.88. The van der Waals surface area contributed by atoms with Crippen molar-refractivity contribution in [2.45, 2.75) is 32.5 Å². The fraction of sp³-hybridized carbons (Fsp3) is 0.200. The molecule has 0 saturated carbocycles. The predicted octanol–water partition coefficient (Wildman–Crippen LogP) is 6.96. The van der Waals surface area contributed by atoms with E-state index in [0.29, 0.717) is 22.2 Å². The van der Waals surface area contributed by atoms with Crippen molar-refractivity contribution in [2.75, 3.05) is 0 Å². The van der Waals surface area contributed by atoms with Crippen LogP contribution < -0.4 is 4.74 Å². The number of halogens is 6. The minimum absolute atomic E-state index is 0.0122. The number of alkyl halides is 3. The fourth-order valence-corrected chi connectivity index (χ4v) is 3.60. The maximum atomic E-state index is 15.1. The highest BCUT2D eigenvalue weighted by Crippen LogP contribution is 2.30. The van der Waals surface area contributed by atoms with Gasteiger partial charge in [-0.2, -0.15) is 0 Å². The van der Waals surface area contributed by atoms with Gasteiger partial charge in [-0.25, -0.2) is 23.1 Å². The lowest BCUT2D eigenvalue weighted by atomic mass is 9.98. The Balaban J connectivity index is 1.54. The number of fused-ring (bicyclic) bond motifs is 1. The number of benzene rings is 3. The lowest BCUT2D eigenvalue weighted by Gasteiger charge is -2.12. The second kappa shape index (κ2) is 9.32. The van der Waals surface area contributed by atoms with Crippen LogP contribution in [0.15, 0.2) is 54.9 Å². The molecule has 34 heavy (non-hydrogen) atoms. The third kappa shape index (κ3) is 5.13. The molecule has 0 aliphatic heterocycles. The molecule has 0 radical (unpaired) electrons. The Hall–Kier alpha value is -3.62. The summed E-state index contributed by atoms with van der Waals surface area (Å²) < 4.78 is 83.2. The highest BCUT2D eigenvalue weighted by Gasteiger charge is 2.34. The summed E-state index contributed by atoms with van der Waals surface area (Å²) in [5.74, 6) is -4.44. The molecule has 9 heteroatoms. The number of hydrogen-bond acceptors (Lipinski definition) is 3. The quantitative estimate of drug-likeness (QED) is 0.282. The zero-order valence-corrected chi connectivity index (χ0v) is 17.9. The van der Waals surface area contributed by atoms with E-state index in [0.717, 1.165) is 29.7 Å². The zero-order chi connectivity index (χ0) is 24.5. The van der Waals surface area contributed by atoms with Crippen molar-refractivity contribution in [3.63, 3.8) is 0 Å². The van der Waals surface area contributed by atoms with Gasteiger partial charge in [0.2, 0.25) is 5.75 Å². The smallest absolute Gasteiger partial charge is 0.399 e. The van der Waals surface area contributed by atoms with Gasteiger partial charge in [0.05, 0.1) is 0 Å². The Bertz CT molecular complexity index is 1310. The molecule has 0 aliphatic rings. The van der Waals surface area contributed by atoms with E-state index in [2.05, 4.69) is 14.7 Å². The van der Waals surface area contributed by atoms with Crippen LogP contribution in [0.1, 0.15) is 23.6 Å². The van der Waals surface area contributed by atoms with E-state index in [1.807, 2.05) is 6.92 Å². The minimum atomic E-state index is -5.22. The number of rotatable bonds is 6. The number of hydrogen-bond donors (Lipinski definition) is 0. The molecular weight excluding hydrogens is 458 g/mol. The maximum Gasteiger partial charge on any atom is 0.573 e. The zero-order valence-electron chi connectivity index (χ0n) is 17.9. The third-order valence-corrected chi connectivity index (χ3v) is 5.36. The fourth-order valence-electron chi connectivity index (χ4n) is 3.60. The number of ether oxygens (including phenoxy) is 1. The van der Waals surface area contributed by atoms with E-state index in [9.17, 15) is 22.0 Å². The summed E-state index contributed by atoms with van der Waals surface area (Å²) >= 11 is 0. The largest absolute Gasteiger partial charge is 0.573 e. The van der Waals surface area contributed by atoms with Crippen LogP contribution in [-0.2, 0) is 19.3 Å². The van der Waals surface area contributed by atoms with Crippen molar-refractivity contribution >= 4 is 10.8 Å². The average Bonchev–Trinajstić information content (AvgIpc) is 2.80. The van der Waals surface area contributed by atoms with E-state index in [1.54, 1.807) is 42.7 Å². The van der Waals surface area contributed by atoms with Crippen LogP contribution in [0.4, 0.5) is 26.3 Å². The molecule has 176 valence electrons. The number of aryl methyl sites for hydroxylation is 3. The Morgan fingerprint density at radius 2 is 1.50 bits per heavy atom. The van der Waals surface area contributed by atoms with Crippen molar-refractivity contribution in [3.05, 3.63) is 89.0 Å². The minimum Gasteiger partial charge on any atom is -0.399 e. The first-order valence-electron chi connectivity index (χ1n) is 10.4.